The SMILES string of the molecule is CCOc1ccc(C(C)(C=O)CCCc2cccc(Oc3ccccc3)c2)cc1. The molecule has 0 aromatic heterocycles. The molecule has 0 saturated carbocycles. The molecular weight excluding hydrogens is 360 g/mol. The Morgan fingerprint density at radius 1 is 0.862 bits per heavy atom. The molecule has 150 valence electrons. The molecule has 3 heteroatoms. The Bertz CT molecular complexity index is 903. The molecule has 0 N–H and O–H groups in total. The molecule has 1 unspecified atom stereocenters. The predicted octanol–water partition coefficient (Wildman–Crippen LogP) is 6.36. The number of aldehydes is 1. The summed E-state index contributed by atoms with van der Waals surface area (Å²) in [5.41, 5.74) is 1.73. The van der Waals surface area contributed by atoms with E-state index in [1.807, 2.05) is 80.6 Å². The van der Waals surface area contributed by atoms with Gasteiger partial charge in [0.1, 0.15) is 23.5 Å². The van der Waals surface area contributed by atoms with Gasteiger partial charge in [-0.2, -0.15) is 0 Å². The quantitative estimate of drug-likeness (QED) is 0.379. The summed E-state index contributed by atoms with van der Waals surface area (Å²) in [7, 11) is 0. The van der Waals surface area contributed by atoms with Crippen LogP contribution in [0.25, 0.3) is 0 Å². The van der Waals surface area contributed by atoms with E-state index in [1.165, 1.54) is 5.56 Å². The molecule has 0 aliphatic carbocycles. The molecular formula is C26H28O3. The maximum atomic E-state index is 11.9. The molecule has 1 atom stereocenters. The first-order chi connectivity index (χ1) is 14.1. The van der Waals surface area contributed by atoms with E-state index in [2.05, 4.69) is 12.1 Å². The Hall–Kier alpha value is -3.07. The lowest BCUT2D eigenvalue weighted by Crippen LogP contribution is -2.24. The van der Waals surface area contributed by atoms with Gasteiger partial charge in [-0.3, -0.25) is 0 Å². The van der Waals surface area contributed by atoms with Gasteiger partial charge in [-0.25, -0.2) is 0 Å². The van der Waals surface area contributed by atoms with Gasteiger partial charge in [-0.15, -0.1) is 0 Å². The fourth-order valence-corrected chi connectivity index (χ4v) is 3.42. The zero-order valence-electron chi connectivity index (χ0n) is 17.1. The fraction of sp³-hybridized carbons (Fsp3) is 0.269. The van der Waals surface area contributed by atoms with Crippen molar-refractivity contribution in [3.63, 3.8) is 0 Å². The van der Waals surface area contributed by atoms with Crippen LogP contribution in [0.4, 0.5) is 0 Å². The van der Waals surface area contributed by atoms with Gasteiger partial charge < -0.3 is 14.3 Å². The van der Waals surface area contributed by atoms with Gasteiger partial charge in [0.2, 0.25) is 0 Å². The summed E-state index contributed by atoms with van der Waals surface area (Å²) in [6.07, 6.45) is 3.66. The van der Waals surface area contributed by atoms with Crippen LogP contribution in [0.5, 0.6) is 17.2 Å². The van der Waals surface area contributed by atoms with Crippen LogP contribution in [-0.2, 0) is 16.6 Å². The van der Waals surface area contributed by atoms with Crippen LogP contribution in [0.15, 0.2) is 78.9 Å². The molecule has 0 amide bonds. The topological polar surface area (TPSA) is 35.5 Å². The summed E-state index contributed by atoms with van der Waals surface area (Å²) < 4.78 is 11.4. The highest BCUT2D eigenvalue weighted by atomic mass is 16.5. The van der Waals surface area contributed by atoms with Gasteiger partial charge in [0.05, 0.1) is 6.61 Å². The van der Waals surface area contributed by atoms with Crippen LogP contribution < -0.4 is 9.47 Å². The highest BCUT2D eigenvalue weighted by Gasteiger charge is 2.25. The van der Waals surface area contributed by atoms with Crippen LogP contribution in [0, 0.1) is 0 Å². The van der Waals surface area contributed by atoms with Gasteiger partial charge in [0, 0.05) is 5.41 Å². The molecule has 29 heavy (non-hydrogen) atoms. The van der Waals surface area contributed by atoms with Crippen molar-refractivity contribution in [2.45, 2.75) is 38.5 Å². The van der Waals surface area contributed by atoms with Crippen LogP contribution in [0.3, 0.4) is 0 Å². The number of benzene rings is 3. The Morgan fingerprint density at radius 2 is 1.59 bits per heavy atom. The largest absolute Gasteiger partial charge is 0.494 e. The number of ether oxygens (including phenoxy) is 2. The Morgan fingerprint density at radius 3 is 2.28 bits per heavy atom. The third-order valence-electron chi connectivity index (χ3n) is 5.12. The number of rotatable bonds is 10. The Balaban J connectivity index is 1.60. The monoisotopic (exact) mass is 388 g/mol. The third-order valence-corrected chi connectivity index (χ3v) is 5.12. The first kappa shape index (κ1) is 20.7. The van der Waals surface area contributed by atoms with Crippen molar-refractivity contribution in [1.82, 2.24) is 0 Å². The maximum absolute atomic E-state index is 11.9. The molecule has 0 bridgehead atoms. The van der Waals surface area contributed by atoms with Gasteiger partial charge in [0.25, 0.3) is 0 Å². The van der Waals surface area contributed by atoms with E-state index in [-0.39, 0.29) is 0 Å². The smallest absolute Gasteiger partial charge is 0.130 e. The first-order valence-electron chi connectivity index (χ1n) is 10.1. The number of carbonyl (C=O) groups excluding carboxylic acids is 1. The number of hydrogen-bond donors (Lipinski definition) is 0. The fourth-order valence-electron chi connectivity index (χ4n) is 3.42. The molecule has 0 heterocycles. The minimum Gasteiger partial charge on any atom is -0.494 e. The Labute approximate surface area is 173 Å². The molecule has 0 saturated heterocycles. The van der Waals surface area contributed by atoms with Crippen LogP contribution >= 0.6 is 0 Å². The summed E-state index contributed by atoms with van der Waals surface area (Å²) in [4.78, 5) is 11.9. The van der Waals surface area contributed by atoms with Crippen molar-refractivity contribution in [3.8, 4) is 17.2 Å². The average Bonchev–Trinajstić information content (AvgIpc) is 2.75. The average molecular weight is 389 g/mol. The number of aryl methyl sites for hydroxylation is 1. The zero-order valence-corrected chi connectivity index (χ0v) is 17.1. The predicted molar refractivity (Wildman–Crippen MR) is 117 cm³/mol. The summed E-state index contributed by atoms with van der Waals surface area (Å²) in [5.74, 6) is 2.49. The molecule has 0 aliphatic heterocycles. The van der Waals surface area contributed by atoms with E-state index in [0.29, 0.717) is 6.61 Å². The molecule has 3 aromatic rings. The van der Waals surface area contributed by atoms with E-state index in [0.717, 1.165) is 48.4 Å². The molecule has 0 radical (unpaired) electrons. The Kier molecular flexibility index (Phi) is 7.07. The maximum Gasteiger partial charge on any atom is 0.130 e. The molecule has 0 aliphatic rings. The van der Waals surface area contributed by atoms with Crippen molar-refractivity contribution in [1.29, 1.82) is 0 Å². The van der Waals surface area contributed by atoms with Gasteiger partial charge in [0.15, 0.2) is 0 Å². The lowest BCUT2D eigenvalue weighted by molar-refractivity contribution is -0.112. The van der Waals surface area contributed by atoms with E-state index in [1.54, 1.807) is 0 Å². The van der Waals surface area contributed by atoms with Crippen molar-refractivity contribution >= 4 is 6.29 Å². The van der Waals surface area contributed by atoms with Crippen molar-refractivity contribution < 1.29 is 14.3 Å². The number of hydrogen-bond acceptors (Lipinski definition) is 3. The molecule has 0 spiro atoms. The zero-order chi connectivity index (χ0) is 20.5. The normalized spacial score (nSPS) is 12.8. The van der Waals surface area contributed by atoms with Gasteiger partial charge >= 0.3 is 0 Å². The van der Waals surface area contributed by atoms with Gasteiger partial charge in [-0.1, -0.05) is 42.5 Å². The highest BCUT2D eigenvalue weighted by molar-refractivity contribution is 5.68. The van der Waals surface area contributed by atoms with Crippen LogP contribution in [0.1, 0.15) is 37.8 Å². The molecule has 3 rings (SSSR count). The van der Waals surface area contributed by atoms with E-state index >= 15 is 0 Å². The van der Waals surface area contributed by atoms with Crippen molar-refractivity contribution in [2.24, 2.45) is 0 Å². The van der Waals surface area contributed by atoms with Crippen LogP contribution in [-0.4, -0.2) is 12.9 Å². The first-order valence-corrected chi connectivity index (χ1v) is 10.1. The van der Waals surface area contributed by atoms with Crippen LogP contribution in [0.2, 0.25) is 0 Å². The number of carbonyl (C=O) groups is 1. The molecule has 3 aromatic carbocycles. The summed E-state index contributed by atoms with van der Waals surface area (Å²) >= 11 is 0. The summed E-state index contributed by atoms with van der Waals surface area (Å²) in [6, 6.07) is 25.8. The van der Waals surface area contributed by atoms with E-state index in [4.69, 9.17) is 9.47 Å². The standard InChI is InChI=1S/C26H28O3/c1-3-28-23-16-14-22(15-17-23)26(2,20-27)18-8-10-21-9-7-13-25(19-21)29-24-11-5-4-6-12-24/h4-7,9,11-17,19-20H,3,8,10,18H2,1-2H3. The summed E-state index contributed by atoms with van der Waals surface area (Å²) in [6.45, 7) is 4.60. The summed E-state index contributed by atoms with van der Waals surface area (Å²) in [5, 5.41) is 0. The third kappa shape index (κ3) is 5.71. The lowest BCUT2D eigenvalue weighted by atomic mass is 9.79. The van der Waals surface area contributed by atoms with Crippen molar-refractivity contribution in [2.75, 3.05) is 6.61 Å². The molecule has 0 fully saturated rings. The van der Waals surface area contributed by atoms with E-state index < -0.39 is 5.41 Å². The highest BCUT2D eigenvalue weighted by Crippen LogP contribution is 2.30. The van der Waals surface area contributed by atoms with Gasteiger partial charge in [-0.05, 0) is 80.6 Å². The second-order valence-corrected chi connectivity index (χ2v) is 7.41. The second-order valence-electron chi connectivity index (χ2n) is 7.41. The minimum absolute atomic E-state index is 0.497. The second kappa shape index (κ2) is 9.92. The van der Waals surface area contributed by atoms with Crippen molar-refractivity contribution in [3.05, 3.63) is 90.0 Å². The molecule has 3 nitrogen and oxygen atoms in total. The lowest BCUT2D eigenvalue weighted by Gasteiger charge is -2.24. The minimum atomic E-state index is -0.497. The van der Waals surface area contributed by atoms with E-state index in [9.17, 15) is 4.79 Å². The number of para-hydroxylation sites is 1.